The van der Waals surface area contributed by atoms with Crippen LogP contribution in [0.15, 0.2) is 0 Å². The van der Waals surface area contributed by atoms with Crippen molar-refractivity contribution in [3.8, 4) is 0 Å². The number of hydrogen-bond acceptors (Lipinski definition) is 1. The summed E-state index contributed by atoms with van der Waals surface area (Å²) in [6.07, 6.45) is 31.7. The minimum atomic E-state index is 0.628. The van der Waals surface area contributed by atoms with Gasteiger partial charge in [0.1, 0.15) is 4.32 Å². The first kappa shape index (κ1) is 30.0. The molecule has 29 heavy (non-hydrogen) atoms. The Morgan fingerprint density at radius 2 is 0.724 bits per heavy atom. The van der Waals surface area contributed by atoms with Gasteiger partial charge in [-0.05, 0) is 17.3 Å². The molecule has 0 aromatic carbocycles. The van der Waals surface area contributed by atoms with E-state index in [1.54, 1.807) is 0 Å². The van der Waals surface area contributed by atoms with E-state index in [4.69, 9.17) is 12.2 Å². The number of nitrogens with one attached hydrogen (secondary N) is 1. The number of hydrogen-bond donors (Lipinski definition) is 2. The van der Waals surface area contributed by atoms with Crippen LogP contribution < -0.4 is 5.32 Å². The van der Waals surface area contributed by atoms with Gasteiger partial charge in [-0.15, -0.1) is 12.6 Å². The standard InChI is InChI=1S/C25H50INS2/c26-23-21-19-17-15-13-11-9-7-5-3-1-2-4-6-8-10-12-14-16-18-20-22-24-27-25(28)29/h1-24H2,(H2,27,28,29). The van der Waals surface area contributed by atoms with E-state index in [-0.39, 0.29) is 0 Å². The van der Waals surface area contributed by atoms with Crippen LogP contribution in [0.2, 0.25) is 0 Å². The molecule has 0 atom stereocenters. The maximum atomic E-state index is 4.88. The first-order valence-corrected chi connectivity index (χ1v) is 15.2. The zero-order valence-corrected chi connectivity index (χ0v) is 23.1. The molecular weight excluding hydrogens is 505 g/mol. The van der Waals surface area contributed by atoms with Crippen molar-refractivity contribution in [3.63, 3.8) is 0 Å². The molecule has 0 aliphatic rings. The molecule has 0 bridgehead atoms. The number of rotatable bonds is 24. The molecular formula is C25H50INS2. The van der Waals surface area contributed by atoms with Crippen molar-refractivity contribution in [2.45, 2.75) is 141 Å². The highest BCUT2D eigenvalue weighted by Gasteiger charge is 1.96. The topological polar surface area (TPSA) is 12.0 Å². The molecule has 4 heteroatoms. The van der Waals surface area contributed by atoms with E-state index in [2.05, 4.69) is 40.5 Å². The van der Waals surface area contributed by atoms with Crippen LogP contribution in [0.5, 0.6) is 0 Å². The summed E-state index contributed by atoms with van der Waals surface area (Å²) in [7, 11) is 0. The van der Waals surface area contributed by atoms with Gasteiger partial charge in [-0.1, -0.05) is 163 Å². The predicted molar refractivity (Wildman–Crippen MR) is 150 cm³/mol. The lowest BCUT2D eigenvalue weighted by molar-refractivity contribution is 0.519. The second-order valence-corrected chi connectivity index (χ2v) is 10.9. The molecule has 0 aliphatic heterocycles. The maximum absolute atomic E-state index is 4.88. The van der Waals surface area contributed by atoms with Gasteiger partial charge in [0.05, 0.1) is 0 Å². The molecule has 1 N–H and O–H groups in total. The SMILES string of the molecule is S=C(S)NCCCCCCCCCCCCCCCCCCCCCCCCI. The van der Waals surface area contributed by atoms with Gasteiger partial charge in [-0.3, -0.25) is 0 Å². The van der Waals surface area contributed by atoms with Crippen molar-refractivity contribution in [3.05, 3.63) is 0 Å². The fourth-order valence-corrected chi connectivity index (χ4v) is 4.70. The number of thiol groups is 1. The molecule has 0 fully saturated rings. The van der Waals surface area contributed by atoms with Gasteiger partial charge in [-0.2, -0.15) is 0 Å². The van der Waals surface area contributed by atoms with Crippen LogP contribution in [0.25, 0.3) is 0 Å². The average molecular weight is 556 g/mol. The summed E-state index contributed by atoms with van der Waals surface area (Å²) in [5.74, 6) is 0. The summed E-state index contributed by atoms with van der Waals surface area (Å²) in [4.78, 5) is 0. The van der Waals surface area contributed by atoms with Crippen molar-refractivity contribution in [1.82, 2.24) is 5.32 Å². The van der Waals surface area contributed by atoms with E-state index < -0.39 is 0 Å². The predicted octanol–water partition coefficient (Wildman–Crippen LogP) is 9.81. The zero-order chi connectivity index (χ0) is 21.3. The molecule has 0 saturated carbocycles. The lowest BCUT2D eigenvalue weighted by Gasteiger charge is -2.05. The Balaban J connectivity index is 2.99. The minimum Gasteiger partial charge on any atom is -0.371 e. The fraction of sp³-hybridized carbons (Fsp3) is 0.960. The number of halogens is 1. The number of unbranched alkanes of at least 4 members (excludes halogenated alkanes) is 21. The van der Waals surface area contributed by atoms with Crippen molar-refractivity contribution in [1.29, 1.82) is 0 Å². The van der Waals surface area contributed by atoms with E-state index in [1.807, 2.05) is 0 Å². The second-order valence-electron chi connectivity index (χ2n) is 8.70. The van der Waals surface area contributed by atoms with Gasteiger partial charge in [0.2, 0.25) is 0 Å². The van der Waals surface area contributed by atoms with Crippen molar-refractivity contribution >= 4 is 51.8 Å². The largest absolute Gasteiger partial charge is 0.371 e. The van der Waals surface area contributed by atoms with Crippen LogP contribution in [0.1, 0.15) is 141 Å². The maximum Gasteiger partial charge on any atom is 0.130 e. The van der Waals surface area contributed by atoms with E-state index in [0.717, 1.165) is 6.54 Å². The molecule has 0 saturated heterocycles. The van der Waals surface area contributed by atoms with Crippen LogP contribution in [0, 0.1) is 0 Å². The highest BCUT2D eigenvalue weighted by molar-refractivity contribution is 14.1. The van der Waals surface area contributed by atoms with Gasteiger partial charge in [-0.25, -0.2) is 0 Å². The molecule has 0 aliphatic carbocycles. The third kappa shape index (κ3) is 29.0. The van der Waals surface area contributed by atoms with E-state index >= 15 is 0 Å². The lowest BCUT2D eigenvalue weighted by Crippen LogP contribution is -2.17. The summed E-state index contributed by atoms with van der Waals surface area (Å²) in [6, 6.07) is 0. The highest BCUT2D eigenvalue weighted by atomic mass is 127. The van der Waals surface area contributed by atoms with Gasteiger partial charge >= 0.3 is 0 Å². The summed E-state index contributed by atoms with van der Waals surface area (Å²) in [6.45, 7) is 0.987. The minimum absolute atomic E-state index is 0.628. The first-order chi connectivity index (χ1) is 14.3. The Labute approximate surface area is 208 Å². The monoisotopic (exact) mass is 555 g/mol. The molecule has 0 unspecified atom stereocenters. The molecule has 0 aromatic heterocycles. The van der Waals surface area contributed by atoms with E-state index in [1.165, 1.54) is 146 Å². The summed E-state index contributed by atoms with van der Waals surface area (Å²) in [5.41, 5.74) is 0. The smallest absolute Gasteiger partial charge is 0.130 e. The Kier molecular flexibility index (Phi) is 27.9. The Hall–Kier alpha value is 0.970. The molecule has 0 amide bonds. The van der Waals surface area contributed by atoms with Crippen LogP contribution >= 0.6 is 47.4 Å². The third-order valence-electron chi connectivity index (χ3n) is 5.84. The average Bonchev–Trinajstić information content (AvgIpc) is 2.71. The van der Waals surface area contributed by atoms with E-state index in [9.17, 15) is 0 Å². The van der Waals surface area contributed by atoms with Gasteiger partial charge < -0.3 is 5.32 Å². The second kappa shape index (κ2) is 27.0. The lowest BCUT2D eigenvalue weighted by atomic mass is 10.0. The molecule has 0 aromatic rings. The van der Waals surface area contributed by atoms with Gasteiger partial charge in [0.25, 0.3) is 0 Å². The van der Waals surface area contributed by atoms with Crippen molar-refractivity contribution < 1.29 is 0 Å². The normalized spacial score (nSPS) is 11.1. The zero-order valence-electron chi connectivity index (χ0n) is 19.2. The highest BCUT2D eigenvalue weighted by Crippen LogP contribution is 2.15. The third-order valence-corrected chi connectivity index (χ3v) is 6.90. The van der Waals surface area contributed by atoms with Crippen molar-refractivity contribution in [2.24, 2.45) is 0 Å². The quantitative estimate of drug-likeness (QED) is 0.0404. The molecule has 0 rings (SSSR count). The summed E-state index contributed by atoms with van der Waals surface area (Å²) in [5, 5.41) is 3.10. The Morgan fingerprint density at radius 1 is 0.483 bits per heavy atom. The van der Waals surface area contributed by atoms with Crippen molar-refractivity contribution in [2.75, 3.05) is 11.0 Å². The Bertz CT molecular complexity index is 326. The van der Waals surface area contributed by atoms with Crippen LogP contribution in [0.3, 0.4) is 0 Å². The van der Waals surface area contributed by atoms with Gasteiger partial charge in [0, 0.05) is 6.54 Å². The number of thiocarbonyl (C=S) groups is 1. The molecule has 0 radical (unpaired) electrons. The molecule has 0 heterocycles. The van der Waals surface area contributed by atoms with Crippen LogP contribution in [-0.2, 0) is 0 Å². The molecule has 174 valence electrons. The summed E-state index contributed by atoms with van der Waals surface area (Å²) >= 11 is 11.4. The van der Waals surface area contributed by atoms with E-state index in [0.29, 0.717) is 4.32 Å². The molecule has 0 spiro atoms. The van der Waals surface area contributed by atoms with Crippen LogP contribution in [-0.4, -0.2) is 15.3 Å². The fourth-order valence-electron chi connectivity index (χ4n) is 3.95. The Morgan fingerprint density at radius 3 is 0.966 bits per heavy atom. The van der Waals surface area contributed by atoms with Crippen LogP contribution in [0.4, 0.5) is 0 Å². The summed E-state index contributed by atoms with van der Waals surface area (Å²) < 4.78 is 1.97. The first-order valence-electron chi connectivity index (χ1n) is 12.8. The molecule has 1 nitrogen and oxygen atoms in total. The number of alkyl halides is 1. The van der Waals surface area contributed by atoms with Gasteiger partial charge in [0.15, 0.2) is 0 Å².